The first-order valence-corrected chi connectivity index (χ1v) is 6.47. The average Bonchev–Trinajstić information content (AvgIpc) is 2.30. The summed E-state index contributed by atoms with van der Waals surface area (Å²) in [4.78, 5) is 1.79. The third-order valence-corrected chi connectivity index (χ3v) is 3.63. The van der Waals surface area contributed by atoms with Crippen LogP contribution < -0.4 is 10.6 Å². The van der Waals surface area contributed by atoms with Crippen molar-refractivity contribution in [3.05, 3.63) is 29.3 Å². The van der Waals surface area contributed by atoms with Crippen LogP contribution in [0, 0.1) is 11.6 Å². The van der Waals surface area contributed by atoms with Crippen molar-refractivity contribution in [1.82, 2.24) is 0 Å². The molecule has 0 spiro atoms. The van der Waals surface area contributed by atoms with Gasteiger partial charge in [0.2, 0.25) is 0 Å². The maximum Gasteiger partial charge on any atom is 0.150 e. The minimum absolute atomic E-state index is 0.00560. The zero-order valence-corrected chi connectivity index (χ0v) is 11.1. The summed E-state index contributed by atoms with van der Waals surface area (Å²) in [6, 6.07) is 2.57. The molecule has 1 unspecified atom stereocenters. The van der Waals surface area contributed by atoms with Crippen LogP contribution in [0.15, 0.2) is 12.1 Å². The van der Waals surface area contributed by atoms with Crippen molar-refractivity contribution < 1.29 is 8.78 Å². The summed E-state index contributed by atoms with van der Waals surface area (Å²) in [6.45, 7) is 2.67. The molecule has 1 aliphatic rings. The highest BCUT2D eigenvalue weighted by molar-refractivity contribution is 7.80. The number of thiocarbonyl (C=S) groups is 1. The molecule has 0 aromatic heterocycles. The van der Waals surface area contributed by atoms with Crippen molar-refractivity contribution in [2.75, 3.05) is 11.4 Å². The zero-order valence-electron chi connectivity index (χ0n) is 10.2. The molecule has 1 aliphatic heterocycles. The number of halogens is 2. The highest BCUT2D eigenvalue weighted by Crippen LogP contribution is 2.30. The van der Waals surface area contributed by atoms with Crippen molar-refractivity contribution in [2.45, 2.75) is 32.2 Å². The predicted octanol–water partition coefficient (Wildman–Crippen LogP) is 2.98. The largest absolute Gasteiger partial charge is 0.389 e. The van der Waals surface area contributed by atoms with Crippen molar-refractivity contribution in [3.63, 3.8) is 0 Å². The van der Waals surface area contributed by atoms with Crippen LogP contribution in [0.25, 0.3) is 0 Å². The Hall–Kier alpha value is -1.23. The standard InChI is InChI=1S/C13H16F2N2S/c1-8-4-2-3-5-17(8)12-10(14)6-9(13(16)18)7-11(12)15/h6-8H,2-5H2,1H3,(H2,16,18). The second-order valence-electron chi connectivity index (χ2n) is 4.69. The molecule has 5 heteroatoms. The molecule has 2 nitrogen and oxygen atoms in total. The quantitative estimate of drug-likeness (QED) is 0.838. The molecule has 98 valence electrons. The Bertz CT molecular complexity index is 453. The van der Waals surface area contributed by atoms with Gasteiger partial charge < -0.3 is 10.6 Å². The van der Waals surface area contributed by atoms with E-state index in [0.29, 0.717) is 6.54 Å². The summed E-state index contributed by atoms with van der Waals surface area (Å²) >= 11 is 4.74. The third-order valence-electron chi connectivity index (χ3n) is 3.39. The van der Waals surface area contributed by atoms with Crippen LogP contribution in [0.4, 0.5) is 14.5 Å². The van der Waals surface area contributed by atoms with Gasteiger partial charge >= 0.3 is 0 Å². The fourth-order valence-electron chi connectivity index (χ4n) is 2.41. The fraction of sp³-hybridized carbons (Fsp3) is 0.462. The molecule has 1 heterocycles. The molecule has 1 atom stereocenters. The molecule has 0 aliphatic carbocycles. The minimum atomic E-state index is -0.591. The Morgan fingerprint density at radius 2 is 1.94 bits per heavy atom. The molecule has 1 aromatic carbocycles. The molecule has 18 heavy (non-hydrogen) atoms. The molecule has 0 saturated carbocycles. The van der Waals surface area contributed by atoms with Crippen LogP contribution in [-0.2, 0) is 0 Å². The molecule has 0 amide bonds. The van der Waals surface area contributed by atoms with E-state index in [2.05, 4.69) is 0 Å². The number of anilines is 1. The Kier molecular flexibility index (Phi) is 3.80. The van der Waals surface area contributed by atoms with Gasteiger partial charge in [-0.3, -0.25) is 0 Å². The second kappa shape index (κ2) is 5.18. The van der Waals surface area contributed by atoms with E-state index in [1.165, 1.54) is 12.1 Å². The van der Waals surface area contributed by atoms with Crippen LogP contribution in [0.3, 0.4) is 0 Å². The number of piperidine rings is 1. The van der Waals surface area contributed by atoms with Crippen molar-refractivity contribution in [1.29, 1.82) is 0 Å². The monoisotopic (exact) mass is 270 g/mol. The minimum Gasteiger partial charge on any atom is -0.389 e. The van der Waals surface area contributed by atoms with Gasteiger partial charge in [-0.05, 0) is 38.3 Å². The van der Waals surface area contributed by atoms with E-state index in [-0.39, 0.29) is 22.3 Å². The number of nitrogens with two attached hydrogens (primary N) is 1. The summed E-state index contributed by atoms with van der Waals surface area (Å²) in [7, 11) is 0. The first-order chi connectivity index (χ1) is 8.50. The molecular weight excluding hydrogens is 254 g/mol. The Balaban J connectivity index is 2.41. The van der Waals surface area contributed by atoms with Gasteiger partial charge in [-0.1, -0.05) is 12.2 Å². The lowest BCUT2D eigenvalue weighted by atomic mass is 10.0. The van der Waals surface area contributed by atoms with Crippen molar-refractivity contribution in [2.24, 2.45) is 5.73 Å². The highest BCUT2D eigenvalue weighted by Gasteiger charge is 2.25. The molecule has 0 radical (unpaired) electrons. The predicted molar refractivity (Wildman–Crippen MR) is 72.9 cm³/mol. The molecular formula is C13H16F2N2S. The van der Waals surface area contributed by atoms with Gasteiger partial charge in [0.15, 0.2) is 0 Å². The van der Waals surface area contributed by atoms with E-state index >= 15 is 0 Å². The molecule has 1 fully saturated rings. The summed E-state index contributed by atoms with van der Waals surface area (Å²) < 4.78 is 28.1. The fourth-order valence-corrected chi connectivity index (χ4v) is 2.53. The zero-order chi connectivity index (χ0) is 13.3. The lowest BCUT2D eigenvalue weighted by Gasteiger charge is -2.35. The normalized spacial score (nSPS) is 19.9. The topological polar surface area (TPSA) is 29.3 Å². The van der Waals surface area contributed by atoms with Gasteiger partial charge in [0.25, 0.3) is 0 Å². The molecule has 0 bridgehead atoms. The summed E-state index contributed by atoms with van der Waals surface area (Å²) in [5.41, 5.74) is 5.67. The van der Waals surface area contributed by atoms with Crippen molar-refractivity contribution >= 4 is 22.9 Å². The molecule has 2 N–H and O–H groups in total. The Labute approximate surface area is 111 Å². The van der Waals surface area contributed by atoms with Crippen LogP contribution in [0.1, 0.15) is 31.7 Å². The smallest absolute Gasteiger partial charge is 0.150 e. The average molecular weight is 270 g/mol. The SMILES string of the molecule is CC1CCCCN1c1c(F)cc(C(N)=S)cc1F. The summed E-state index contributed by atoms with van der Waals surface area (Å²) in [6.07, 6.45) is 3.02. The summed E-state index contributed by atoms with van der Waals surface area (Å²) in [5.74, 6) is -1.18. The maximum atomic E-state index is 14.0. The molecule has 2 rings (SSSR count). The highest BCUT2D eigenvalue weighted by atomic mass is 32.1. The molecule has 1 saturated heterocycles. The number of nitrogens with zero attached hydrogens (tertiary/aromatic N) is 1. The van der Waals surface area contributed by atoms with Crippen molar-refractivity contribution in [3.8, 4) is 0 Å². The van der Waals surface area contributed by atoms with Crippen LogP contribution in [0.2, 0.25) is 0 Å². The van der Waals surface area contributed by atoms with E-state index in [4.69, 9.17) is 18.0 Å². The number of rotatable bonds is 2. The van der Waals surface area contributed by atoms with Gasteiger partial charge in [-0.25, -0.2) is 8.78 Å². The number of hydrogen-bond donors (Lipinski definition) is 1. The van der Waals surface area contributed by atoms with Crippen LogP contribution in [-0.4, -0.2) is 17.6 Å². The van der Waals surface area contributed by atoms with E-state index in [0.717, 1.165) is 19.3 Å². The van der Waals surface area contributed by atoms with E-state index in [1.54, 1.807) is 4.90 Å². The molecule has 1 aromatic rings. The van der Waals surface area contributed by atoms with E-state index in [1.807, 2.05) is 6.92 Å². The van der Waals surface area contributed by atoms with Crippen LogP contribution >= 0.6 is 12.2 Å². The third kappa shape index (κ3) is 2.46. The Morgan fingerprint density at radius 3 is 2.44 bits per heavy atom. The first-order valence-electron chi connectivity index (χ1n) is 6.06. The van der Waals surface area contributed by atoms with Gasteiger partial charge in [0.1, 0.15) is 22.3 Å². The van der Waals surface area contributed by atoms with Gasteiger partial charge in [-0.15, -0.1) is 0 Å². The Morgan fingerprint density at radius 1 is 1.33 bits per heavy atom. The number of benzene rings is 1. The van der Waals surface area contributed by atoms with Gasteiger partial charge in [0, 0.05) is 18.2 Å². The van der Waals surface area contributed by atoms with Crippen LogP contribution in [0.5, 0.6) is 0 Å². The van der Waals surface area contributed by atoms with E-state index < -0.39 is 11.6 Å². The number of hydrogen-bond acceptors (Lipinski definition) is 2. The van der Waals surface area contributed by atoms with Gasteiger partial charge in [-0.2, -0.15) is 0 Å². The lowest BCUT2D eigenvalue weighted by molar-refractivity contribution is 0.464. The van der Waals surface area contributed by atoms with E-state index in [9.17, 15) is 8.78 Å². The first kappa shape index (κ1) is 13.2. The summed E-state index contributed by atoms with van der Waals surface area (Å²) in [5, 5.41) is 0. The maximum absolute atomic E-state index is 14.0. The second-order valence-corrected chi connectivity index (χ2v) is 5.13. The van der Waals surface area contributed by atoms with Gasteiger partial charge in [0.05, 0.1) is 0 Å². The lowest BCUT2D eigenvalue weighted by Crippen LogP contribution is -2.38.